The summed E-state index contributed by atoms with van der Waals surface area (Å²) in [4.78, 5) is 38.0. The van der Waals surface area contributed by atoms with Gasteiger partial charge in [-0.1, -0.05) is 23.9 Å². The summed E-state index contributed by atoms with van der Waals surface area (Å²) in [6.45, 7) is 5.99. The third-order valence-corrected chi connectivity index (χ3v) is 5.97. The number of carbonyl (C=O) groups is 2. The monoisotopic (exact) mass is 456 g/mol. The Hall–Kier alpha value is -3.24. The molecule has 2 aromatic carbocycles. The summed E-state index contributed by atoms with van der Waals surface area (Å²) in [6.07, 6.45) is 1.73. The molecule has 1 N–H and O–H groups in total. The topological polar surface area (TPSA) is 95.8 Å². The lowest BCUT2D eigenvalue weighted by molar-refractivity contribution is -0.384. The van der Waals surface area contributed by atoms with Gasteiger partial charge in [0.05, 0.1) is 9.83 Å². The van der Waals surface area contributed by atoms with Gasteiger partial charge in [-0.3, -0.25) is 25.1 Å². The minimum absolute atomic E-state index is 0.128. The molecule has 0 radical (unpaired) electrons. The minimum Gasteiger partial charge on any atom is -0.372 e. The highest BCUT2D eigenvalue weighted by molar-refractivity contribution is 8.26. The lowest BCUT2D eigenvalue weighted by Crippen LogP contribution is -2.44. The average molecular weight is 457 g/mol. The number of carbonyl (C=O) groups excluding carboxylic acids is 2. The summed E-state index contributed by atoms with van der Waals surface area (Å²) >= 11 is 6.33. The predicted octanol–water partition coefficient (Wildman–Crippen LogP) is 3.99. The van der Waals surface area contributed by atoms with Crippen LogP contribution in [0.2, 0.25) is 0 Å². The fourth-order valence-electron chi connectivity index (χ4n) is 2.99. The summed E-state index contributed by atoms with van der Waals surface area (Å²) in [7, 11) is 0. The molecule has 8 nitrogen and oxygen atoms in total. The molecule has 1 aliphatic heterocycles. The summed E-state index contributed by atoms with van der Waals surface area (Å²) in [5.41, 5.74) is 4.46. The first kappa shape index (κ1) is 22.4. The van der Waals surface area contributed by atoms with Gasteiger partial charge in [-0.15, -0.1) is 0 Å². The normalized spacial score (nSPS) is 14.8. The van der Waals surface area contributed by atoms with Crippen molar-refractivity contribution in [1.29, 1.82) is 0 Å². The molecule has 1 saturated heterocycles. The van der Waals surface area contributed by atoms with Gasteiger partial charge < -0.3 is 4.90 Å². The quantitative estimate of drug-likeness (QED) is 0.291. The van der Waals surface area contributed by atoms with E-state index in [4.69, 9.17) is 12.2 Å². The molecule has 31 heavy (non-hydrogen) atoms. The number of hydrogen-bond acceptors (Lipinski definition) is 7. The van der Waals surface area contributed by atoms with E-state index in [1.54, 1.807) is 6.08 Å². The van der Waals surface area contributed by atoms with E-state index in [2.05, 4.69) is 24.2 Å². The Morgan fingerprint density at radius 2 is 1.77 bits per heavy atom. The maximum absolute atomic E-state index is 12.7. The molecule has 0 unspecified atom stereocenters. The maximum Gasteiger partial charge on any atom is 0.285 e. The van der Waals surface area contributed by atoms with Crippen LogP contribution in [0.1, 0.15) is 29.8 Å². The smallest absolute Gasteiger partial charge is 0.285 e. The van der Waals surface area contributed by atoms with E-state index in [9.17, 15) is 19.7 Å². The Morgan fingerprint density at radius 1 is 1.16 bits per heavy atom. The number of rotatable bonds is 7. The van der Waals surface area contributed by atoms with Crippen molar-refractivity contribution >= 4 is 57.6 Å². The van der Waals surface area contributed by atoms with Crippen LogP contribution >= 0.6 is 24.0 Å². The van der Waals surface area contributed by atoms with Crippen LogP contribution in [0.5, 0.6) is 0 Å². The summed E-state index contributed by atoms with van der Waals surface area (Å²) in [6, 6.07) is 12.9. The Bertz CT molecular complexity index is 1050. The standard InChI is InChI=1S/C21H20N4O4S2/c1-3-23(4-2)16-9-5-14(6-10-16)13-18-20(27)24(21(30)31-18)22-19(26)15-7-11-17(12-8-15)25(28)29/h5-13H,3-4H2,1-2H3,(H,22,26)/b18-13-. The van der Waals surface area contributed by atoms with Gasteiger partial charge in [0, 0.05) is 36.5 Å². The molecule has 3 rings (SSSR count). The molecule has 10 heteroatoms. The lowest BCUT2D eigenvalue weighted by Gasteiger charge is -2.20. The zero-order valence-corrected chi connectivity index (χ0v) is 18.5. The number of benzene rings is 2. The molecule has 0 aromatic heterocycles. The van der Waals surface area contributed by atoms with Crippen LogP contribution < -0.4 is 10.3 Å². The number of nitro benzene ring substituents is 1. The number of non-ortho nitro benzene ring substituents is 1. The molecular formula is C21H20N4O4S2. The first-order chi connectivity index (χ1) is 14.8. The van der Waals surface area contributed by atoms with Crippen LogP contribution in [-0.4, -0.2) is 39.2 Å². The van der Waals surface area contributed by atoms with Crippen molar-refractivity contribution in [1.82, 2.24) is 10.4 Å². The van der Waals surface area contributed by atoms with Crippen LogP contribution in [0.15, 0.2) is 53.4 Å². The van der Waals surface area contributed by atoms with Crippen LogP contribution in [0.25, 0.3) is 6.08 Å². The lowest BCUT2D eigenvalue weighted by atomic mass is 10.1. The van der Waals surface area contributed by atoms with Gasteiger partial charge in [0.25, 0.3) is 17.5 Å². The van der Waals surface area contributed by atoms with Crippen molar-refractivity contribution in [3.8, 4) is 0 Å². The van der Waals surface area contributed by atoms with Gasteiger partial charge in [-0.2, -0.15) is 5.01 Å². The first-order valence-corrected chi connectivity index (χ1v) is 10.7. The first-order valence-electron chi connectivity index (χ1n) is 9.52. The van der Waals surface area contributed by atoms with Crippen LogP contribution in [0, 0.1) is 10.1 Å². The summed E-state index contributed by atoms with van der Waals surface area (Å²) in [5.74, 6) is -1.02. The number of anilines is 1. The zero-order chi connectivity index (χ0) is 22.5. The Morgan fingerprint density at radius 3 is 2.32 bits per heavy atom. The van der Waals surface area contributed by atoms with E-state index in [1.165, 1.54) is 24.3 Å². The highest BCUT2D eigenvalue weighted by atomic mass is 32.2. The number of thiocarbonyl (C=S) groups is 1. The number of hydrogen-bond donors (Lipinski definition) is 1. The number of hydrazine groups is 1. The third kappa shape index (κ3) is 5.09. The molecule has 1 fully saturated rings. The second-order valence-corrected chi connectivity index (χ2v) is 8.20. The molecular weight excluding hydrogens is 436 g/mol. The Kier molecular flexibility index (Phi) is 7.03. The van der Waals surface area contributed by atoms with E-state index < -0.39 is 16.7 Å². The highest BCUT2D eigenvalue weighted by Gasteiger charge is 2.33. The van der Waals surface area contributed by atoms with Gasteiger partial charge >= 0.3 is 0 Å². The molecule has 160 valence electrons. The average Bonchev–Trinajstić information content (AvgIpc) is 3.03. The van der Waals surface area contributed by atoms with Gasteiger partial charge in [-0.05, 0) is 62.0 Å². The molecule has 1 aliphatic rings. The molecule has 2 aromatic rings. The molecule has 1 heterocycles. The van der Waals surface area contributed by atoms with Gasteiger partial charge in [0.15, 0.2) is 4.32 Å². The molecule has 0 bridgehead atoms. The Labute approximate surface area is 189 Å². The zero-order valence-electron chi connectivity index (χ0n) is 16.9. The molecule has 0 spiro atoms. The van der Waals surface area contributed by atoms with E-state index in [1.807, 2.05) is 24.3 Å². The Balaban J connectivity index is 1.71. The van der Waals surface area contributed by atoms with Crippen molar-refractivity contribution < 1.29 is 14.5 Å². The van der Waals surface area contributed by atoms with Gasteiger partial charge in [0.2, 0.25) is 0 Å². The van der Waals surface area contributed by atoms with Crippen LogP contribution in [0.4, 0.5) is 11.4 Å². The van der Waals surface area contributed by atoms with E-state index in [-0.39, 0.29) is 15.6 Å². The summed E-state index contributed by atoms with van der Waals surface area (Å²) in [5, 5.41) is 11.8. The van der Waals surface area contributed by atoms with Crippen LogP contribution in [0.3, 0.4) is 0 Å². The number of nitrogens with zero attached hydrogens (tertiary/aromatic N) is 3. The van der Waals surface area contributed by atoms with Gasteiger partial charge in [-0.25, -0.2) is 0 Å². The molecule has 0 atom stereocenters. The van der Waals surface area contributed by atoms with Crippen molar-refractivity contribution in [2.24, 2.45) is 0 Å². The second kappa shape index (κ2) is 9.71. The van der Waals surface area contributed by atoms with Crippen molar-refractivity contribution in [3.63, 3.8) is 0 Å². The SMILES string of the molecule is CCN(CC)c1ccc(/C=C2\SC(=S)N(NC(=O)c3ccc([N+](=O)[O-])cc3)C2=O)cc1. The molecule has 0 saturated carbocycles. The number of amides is 2. The largest absolute Gasteiger partial charge is 0.372 e. The fourth-order valence-corrected chi connectivity index (χ4v) is 4.17. The third-order valence-electron chi connectivity index (χ3n) is 4.67. The number of nitrogens with one attached hydrogen (secondary N) is 1. The highest BCUT2D eigenvalue weighted by Crippen LogP contribution is 2.32. The van der Waals surface area contributed by atoms with Crippen molar-refractivity contribution in [3.05, 3.63) is 74.7 Å². The van der Waals surface area contributed by atoms with E-state index in [0.29, 0.717) is 4.91 Å². The second-order valence-electron chi connectivity index (χ2n) is 6.53. The minimum atomic E-state index is -0.587. The maximum atomic E-state index is 12.7. The van der Waals surface area contributed by atoms with E-state index >= 15 is 0 Å². The molecule has 0 aliphatic carbocycles. The van der Waals surface area contributed by atoms with Crippen LogP contribution in [-0.2, 0) is 4.79 Å². The number of thioether (sulfide) groups is 1. The predicted molar refractivity (Wildman–Crippen MR) is 126 cm³/mol. The molecule has 2 amide bonds. The summed E-state index contributed by atoms with van der Waals surface area (Å²) < 4.78 is 0.200. The van der Waals surface area contributed by atoms with E-state index in [0.717, 1.165) is 41.1 Å². The van der Waals surface area contributed by atoms with Crippen molar-refractivity contribution in [2.75, 3.05) is 18.0 Å². The number of nitro groups is 1. The fraction of sp³-hybridized carbons (Fsp3) is 0.190. The van der Waals surface area contributed by atoms with Crippen molar-refractivity contribution in [2.45, 2.75) is 13.8 Å². The van der Waals surface area contributed by atoms with Gasteiger partial charge in [0.1, 0.15) is 0 Å².